The van der Waals surface area contributed by atoms with Crippen LogP contribution < -0.4 is 5.32 Å². The molecule has 0 aromatic heterocycles. The summed E-state index contributed by atoms with van der Waals surface area (Å²) in [6.07, 6.45) is -0.270. The van der Waals surface area contributed by atoms with E-state index in [-0.39, 0.29) is 11.6 Å². The van der Waals surface area contributed by atoms with Crippen molar-refractivity contribution in [2.24, 2.45) is 0 Å². The van der Waals surface area contributed by atoms with Crippen molar-refractivity contribution < 1.29 is 9.84 Å². The van der Waals surface area contributed by atoms with E-state index in [1.165, 1.54) is 0 Å². The van der Waals surface area contributed by atoms with Gasteiger partial charge in [0.25, 0.3) is 0 Å². The van der Waals surface area contributed by atoms with Crippen LogP contribution in [-0.2, 0) is 4.74 Å². The summed E-state index contributed by atoms with van der Waals surface area (Å²) < 4.78 is 5.05. The summed E-state index contributed by atoms with van der Waals surface area (Å²) in [6, 6.07) is 0. The molecule has 0 bridgehead atoms. The summed E-state index contributed by atoms with van der Waals surface area (Å²) in [6.45, 7) is 8.29. The van der Waals surface area contributed by atoms with Crippen LogP contribution in [0.5, 0.6) is 0 Å². The lowest BCUT2D eigenvalue weighted by molar-refractivity contribution is 0.100. The fourth-order valence-electron chi connectivity index (χ4n) is 1.83. The number of β-amino-alcohol motifs (C(OH)–C–C–N with tert-alkyl or cyclic N) is 1. The molecular formula is C10H22N2O2. The minimum atomic E-state index is -0.270. The van der Waals surface area contributed by atoms with Crippen molar-refractivity contribution in [2.75, 3.05) is 39.9 Å². The Kier molecular flexibility index (Phi) is 4.31. The SMILES string of the molecule is COCCN1CC(O)CNC(C)(C)C1. The van der Waals surface area contributed by atoms with Crippen LogP contribution in [0, 0.1) is 0 Å². The maximum atomic E-state index is 9.65. The molecule has 2 N–H and O–H groups in total. The summed E-state index contributed by atoms with van der Waals surface area (Å²) >= 11 is 0. The Morgan fingerprint density at radius 2 is 2.29 bits per heavy atom. The molecular weight excluding hydrogens is 180 g/mol. The Hall–Kier alpha value is -0.160. The lowest BCUT2D eigenvalue weighted by Crippen LogP contribution is -2.47. The molecule has 0 radical (unpaired) electrons. The molecule has 4 nitrogen and oxygen atoms in total. The van der Waals surface area contributed by atoms with Crippen LogP contribution in [0.2, 0.25) is 0 Å². The van der Waals surface area contributed by atoms with Crippen LogP contribution in [0.4, 0.5) is 0 Å². The third-order valence-electron chi connectivity index (χ3n) is 2.52. The van der Waals surface area contributed by atoms with Gasteiger partial charge in [-0.15, -0.1) is 0 Å². The van der Waals surface area contributed by atoms with Gasteiger partial charge < -0.3 is 15.2 Å². The first-order valence-corrected chi connectivity index (χ1v) is 5.18. The Labute approximate surface area is 86.2 Å². The van der Waals surface area contributed by atoms with Crippen molar-refractivity contribution >= 4 is 0 Å². The largest absolute Gasteiger partial charge is 0.390 e. The molecule has 1 aliphatic heterocycles. The van der Waals surface area contributed by atoms with Gasteiger partial charge in [-0.05, 0) is 13.8 Å². The Balaban J connectivity index is 2.46. The number of nitrogens with one attached hydrogen (secondary N) is 1. The molecule has 1 rings (SSSR count). The average molecular weight is 202 g/mol. The van der Waals surface area contributed by atoms with E-state index in [2.05, 4.69) is 24.1 Å². The normalized spacial score (nSPS) is 28.7. The monoisotopic (exact) mass is 202 g/mol. The average Bonchev–Trinajstić information content (AvgIpc) is 2.22. The van der Waals surface area contributed by atoms with Gasteiger partial charge in [-0.2, -0.15) is 0 Å². The highest BCUT2D eigenvalue weighted by molar-refractivity contribution is 4.87. The predicted octanol–water partition coefficient (Wildman–Crippen LogP) is -0.322. The highest BCUT2D eigenvalue weighted by atomic mass is 16.5. The first-order chi connectivity index (χ1) is 6.53. The van der Waals surface area contributed by atoms with Crippen LogP contribution in [0.3, 0.4) is 0 Å². The summed E-state index contributed by atoms with van der Waals surface area (Å²) in [7, 11) is 1.71. The molecule has 84 valence electrons. The number of aliphatic hydroxyl groups excluding tert-OH is 1. The van der Waals surface area contributed by atoms with E-state index >= 15 is 0 Å². The third-order valence-corrected chi connectivity index (χ3v) is 2.52. The zero-order chi connectivity index (χ0) is 10.6. The van der Waals surface area contributed by atoms with E-state index in [1.54, 1.807) is 7.11 Å². The Bertz CT molecular complexity index is 174. The van der Waals surface area contributed by atoms with Gasteiger partial charge >= 0.3 is 0 Å². The maximum absolute atomic E-state index is 9.65. The molecule has 1 heterocycles. The smallest absolute Gasteiger partial charge is 0.0791 e. The molecule has 1 fully saturated rings. The number of methoxy groups -OCH3 is 1. The number of aliphatic hydroxyl groups is 1. The fraction of sp³-hybridized carbons (Fsp3) is 1.00. The highest BCUT2D eigenvalue weighted by Crippen LogP contribution is 2.10. The topological polar surface area (TPSA) is 44.7 Å². The van der Waals surface area contributed by atoms with E-state index in [0.717, 1.165) is 26.2 Å². The van der Waals surface area contributed by atoms with Gasteiger partial charge in [-0.3, -0.25) is 4.90 Å². The molecule has 0 aromatic rings. The van der Waals surface area contributed by atoms with Crippen LogP contribution >= 0.6 is 0 Å². The molecule has 1 atom stereocenters. The zero-order valence-electron chi connectivity index (χ0n) is 9.42. The van der Waals surface area contributed by atoms with Crippen LogP contribution in [0.1, 0.15) is 13.8 Å². The van der Waals surface area contributed by atoms with Crippen molar-refractivity contribution in [1.29, 1.82) is 0 Å². The lowest BCUT2D eigenvalue weighted by Gasteiger charge is -2.29. The van der Waals surface area contributed by atoms with Crippen LogP contribution in [0.25, 0.3) is 0 Å². The summed E-state index contributed by atoms with van der Waals surface area (Å²) in [5.41, 5.74) is 0.0746. The van der Waals surface area contributed by atoms with E-state index < -0.39 is 0 Å². The zero-order valence-corrected chi connectivity index (χ0v) is 9.42. The first kappa shape index (κ1) is 11.9. The van der Waals surface area contributed by atoms with Crippen LogP contribution in [-0.4, -0.2) is 61.5 Å². The number of hydrogen-bond acceptors (Lipinski definition) is 4. The molecule has 0 spiro atoms. The van der Waals surface area contributed by atoms with Crippen molar-refractivity contribution in [3.8, 4) is 0 Å². The molecule has 1 unspecified atom stereocenters. The van der Waals surface area contributed by atoms with Gasteiger partial charge in [0.2, 0.25) is 0 Å². The molecule has 0 amide bonds. The first-order valence-electron chi connectivity index (χ1n) is 5.18. The second-order valence-corrected chi connectivity index (χ2v) is 4.65. The van der Waals surface area contributed by atoms with Gasteiger partial charge in [0.15, 0.2) is 0 Å². The minimum absolute atomic E-state index is 0.0746. The number of ether oxygens (including phenoxy) is 1. The molecule has 0 aliphatic carbocycles. The van der Waals surface area contributed by atoms with Crippen molar-refractivity contribution in [3.63, 3.8) is 0 Å². The molecule has 1 saturated heterocycles. The van der Waals surface area contributed by atoms with E-state index in [0.29, 0.717) is 6.54 Å². The Morgan fingerprint density at radius 3 is 2.93 bits per heavy atom. The van der Waals surface area contributed by atoms with Gasteiger partial charge in [-0.25, -0.2) is 0 Å². The number of nitrogens with zero attached hydrogens (tertiary/aromatic N) is 1. The van der Waals surface area contributed by atoms with Gasteiger partial charge in [-0.1, -0.05) is 0 Å². The molecule has 14 heavy (non-hydrogen) atoms. The fourth-order valence-corrected chi connectivity index (χ4v) is 1.83. The third kappa shape index (κ3) is 3.92. The number of hydrogen-bond donors (Lipinski definition) is 2. The van der Waals surface area contributed by atoms with E-state index in [4.69, 9.17) is 4.74 Å². The van der Waals surface area contributed by atoms with Crippen molar-refractivity contribution in [3.05, 3.63) is 0 Å². The second kappa shape index (κ2) is 5.07. The van der Waals surface area contributed by atoms with Crippen molar-refractivity contribution in [1.82, 2.24) is 10.2 Å². The second-order valence-electron chi connectivity index (χ2n) is 4.65. The summed E-state index contributed by atoms with van der Waals surface area (Å²) in [5, 5.41) is 13.0. The predicted molar refractivity (Wildman–Crippen MR) is 56.4 cm³/mol. The van der Waals surface area contributed by atoms with Gasteiger partial charge in [0.05, 0.1) is 12.7 Å². The van der Waals surface area contributed by atoms with Crippen molar-refractivity contribution in [2.45, 2.75) is 25.5 Å². The molecule has 1 aliphatic rings. The molecule has 4 heteroatoms. The van der Waals surface area contributed by atoms with E-state index in [1.807, 2.05) is 0 Å². The lowest BCUT2D eigenvalue weighted by atomic mass is 10.1. The summed E-state index contributed by atoms with van der Waals surface area (Å²) in [4.78, 5) is 2.24. The van der Waals surface area contributed by atoms with Gasteiger partial charge in [0, 0.05) is 38.8 Å². The van der Waals surface area contributed by atoms with Crippen LogP contribution in [0.15, 0.2) is 0 Å². The quantitative estimate of drug-likeness (QED) is 0.658. The summed E-state index contributed by atoms with van der Waals surface area (Å²) in [5.74, 6) is 0. The molecule has 0 aromatic carbocycles. The van der Waals surface area contributed by atoms with E-state index in [9.17, 15) is 5.11 Å². The minimum Gasteiger partial charge on any atom is -0.390 e. The maximum Gasteiger partial charge on any atom is 0.0791 e. The van der Waals surface area contributed by atoms with Gasteiger partial charge in [0.1, 0.15) is 0 Å². The standard InChI is InChI=1S/C10H22N2O2/c1-10(2)8-12(4-5-14-3)7-9(13)6-11-10/h9,11,13H,4-8H2,1-3H3. The number of rotatable bonds is 3. The molecule has 0 saturated carbocycles. The highest BCUT2D eigenvalue weighted by Gasteiger charge is 2.27. The Morgan fingerprint density at radius 1 is 1.57 bits per heavy atom.